The van der Waals surface area contributed by atoms with Crippen LogP contribution in [0.15, 0.2) is 0 Å². The Hall–Kier alpha value is -1.10. The van der Waals surface area contributed by atoms with Crippen molar-refractivity contribution in [1.29, 1.82) is 0 Å². The van der Waals surface area contributed by atoms with E-state index in [9.17, 15) is 9.59 Å². The molecule has 16 heavy (non-hydrogen) atoms. The van der Waals surface area contributed by atoms with Crippen LogP contribution < -0.4 is 5.32 Å². The summed E-state index contributed by atoms with van der Waals surface area (Å²) < 4.78 is 0. The number of carbonyl (C=O) groups excluding carboxylic acids is 1. The highest BCUT2D eigenvalue weighted by Gasteiger charge is 2.36. The highest BCUT2D eigenvalue weighted by atomic mass is 16.4. The van der Waals surface area contributed by atoms with E-state index in [4.69, 9.17) is 5.11 Å². The van der Waals surface area contributed by atoms with Gasteiger partial charge in [-0.3, -0.25) is 14.9 Å². The summed E-state index contributed by atoms with van der Waals surface area (Å²) in [6.07, 6.45) is 1.89. The lowest BCUT2D eigenvalue weighted by Gasteiger charge is -2.22. The van der Waals surface area contributed by atoms with Crippen LogP contribution >= 0.6 is 0 Å². The molecule has 1 saturated carbocycles. The Bertz CT molecular complexity index is 274. The molecule has 1 rings (SSSR count). The van der Waals surface area contributed by atoms with E-state index in [-0.39, 0.29) is 24.4 Å². The summed E-state index contributed by atoms with van der Waals surface area (Å²) in [6.45, 7) is 3.95. The fourth-order valence-corrected chi connectivity index (χ4v) is 1.50. The molecular formula is C11H20N2O3. The molecule has 0 aromatic carbocycles. The Kier molecular flexibility index (Phi) is 4.29. The minimum absolute atomic E-state index is 0.0677. The van der Waals surface area contributed by atoms with Gasteiger partial charge in [0.2, 0.25) is 5.91 Å². The van der Waals surface area contributed by atoms with Crippen molar-refractivity contribution in [1.82, 2.24) is 10.2 Å². The predicted molar refractivity (Wildman–Crippen MR) is 60.1 cm³/mol. The van der Waals surface area contributed by atoms with E-state index in [1.165, 1.54) is 0 Å². The summed E-state index contributed by atoms with van der Waals surface area (Å²) in [5.41, 5.74) is 0. The van der Waals surface area contributed by atoms with Gasteiger partial charge in [-0.1, -0.05) is 0 Å². The van der Waals surface area contributed by atoms with Crippen LogP contribution in [0.1, 0.15) is 26.7 Å². The van der Waals surface area contributed by atoms with Crippen LogP contribution in [0.2, 0.25) is 0 Å². The number of carboxylic acids is 1. The molecular weight excluding hydrogens is 208 g/mol. The van der Waals surface area contributed by atoms with Gasteiger partial charge in [-0.25, -0.2) is 0 Å². The number of rotatable bonds is 6. The van der Waals surface area contributed by atoms with E-state index >= 15 is 0 Å². The number of hydrogen-bond donors (Lipinski definition) is 2. The zero-order valence-electron chi connectivity index (χ0n) is 10.1. The van der Waals surface area contributed by atoms with Crippen molar-refractivity contribution in [2.75, 3.05) is 13.6 Å². The molecule has 1 fully saturated rings. The zero-order valence-corrected chi connectivity index (χ0v) is 10.1. The van der Waals surface area contributed by atoms with Crippen molar-refractivity contribution in [3.05, 3.63) is 0 Å². The lowest BCUT2D eigenvalue weighted by Crippen LogP contribution is -2.46. The molecule has 0 spiro atoms. The monoisotopic (exact) mass is 228 g/mol. The lowest BCUT2D eigenvalue weighted by molar-refractivity contribution is -0.140. The molecule has 5 heteroatoms. The highest BCUT2D eigenvalue weighted by Crippen LogP contribution is 2.32. The standard InChI is InChI=1S/C11H20N2O3/c1-7(2)13(3)9(14)6-12-10(11(15)16)8-4-5-8/h7-8,10,12H,4-6H2,1-3H3,(H,15,16). The minimum Gasteiger partial charge on any atom is -0.480 e. The average molecular weight is 228 g/mol. The fourth-order valence-electron chi connectivity index (χ4n) is 1.50. The van der Waals surface area contributed by atoms with Gasteiger partial charge in [-0.2, -0.15) is 0 Å². The van der Waals surface area contributed by atoms with Crippen LogP contribution in [-0.2, 0) is 9.59 Å². The third kappa shape index (κ3) is 3.48. The van der Waals surface area contributed by atoms with Gasteiger partial charge >= 0.3 is 5.97 Å². The average Bonchev–Trinajstić information content (AvgIpc) is 3.00. The Morgan fingerprint density at radius 2 is 2.00 bits per heavy atom. The molecule has 0 saturated heterocycles. The fraction of sp³-hybridized carbons (Fsp3) is 0.818. The summed E-state index contributed by atoms with van der Waals surface area (Å²) in [5.74, 6) is -0.723. The molecule has 92 valence electrons. The number of carbonyl (C=O) groups is 2. The predicted octanol–water partition coefficient (Wildman–Crippen LogP) is 0.306. The second-order valence-electron chi connectivity index (χ2n) is 4.63. The maximum Gasteiger partial charge on any atom is 0.320 e. The summed E-state index contributed by atoms with van der Waals surface area (Å²) in [6, 6.07) is -0.428. The van der Waals surface area contributed by atoms with Crippen molar-refractivity contribution in [3.8, 4) is 0 Å². The maximum atomic E-state index is 11.6. The molecule has 0 radical (unpaired) electrons. The largest absolute Gasteiger partial charge is 0.480 e. The SMILES string of the molecule is CC(C)N(C)C(=O)CNC(C(=O)O)C1CC1. The molecule has 2 N–H and O–H groups in total. The van der Waals surface area contributed by atoms with Gasteiger partial charge in [0.25, 0.3) is 0 Å². The van der Waals surface area contributed by atoms with Crippen LogP contribution in [-0.4, -0.2) is 47.6 Å². The Labute approximate surface area is 95.8 Å². The van der Waals surface area contributed by atoms with E-state index in [1.807, 2.05) is 13.8 Å². The summed E-state index contributed by atoms with van der Waals surface area (Å²) in [5, 5.41) is 11.8. The van der Waals surface area contributed by atoms with E-state index in [2.05, 4.69) is 5.32 Å². The van der Waals surface area contributed by atoms with Crippen LogP contribution in [0.25, 0.3) is 0 Å². The first-order chi connectivity index (χ1) is 7.43. The molecule has 1 aliphatic rings. The molecule has 0 bridgehead atoms. The van der Waals surface area contributed by atoms with E-state index in [0.29, 0.717) is 0 Å². The van der Waals surface area contributed by atoms with Gasteiger partial charge in [0.05, 0.1) is 6.54 Å². The maximum absolute atomic E-state index is 11.6. The third-order valence-electron chi connectivity index (χ3n) is 3.00. The van der Waals surface area contributed by atoms with Crippen LogP contribution in [0, 0.1) is 5.92 Å². The van der Waals surface area contributed by atoms with Gasteiger partial charge in [0, 0.05) is 13.1 Å². The van der Waals surface area contributed by atoms with Gasteiger partial charge in [-0.15, -0.1) is 0 Å². The number of carboxylic acid groups (broad SMARTS) is 1. The van der Waals surface area contributed by atoms with Crippen LogP contribution in [0.3, 0.4) is 0 Å². The molecule has 1 unspecified atom stereocenters. The second kappa shape index (κ2) is 5.30. The first-order valence-corrected chi connectivity index (χ1v) is 5.65. The van der Waals surface area contributed by atoms with Crippen molar-refractivity contribution in [2.24, 2.45) is 5.92 Å². The molecule has 1 amide bonds. The lowest BCUT2D eigenvalue weighted by atomic mass is 10.2. The van der Waals surface area contributed by atoms with E-state index < -0.39 is 12.0 Å². The van der Waals surface area contributed by atoms with Crippen molar-refractivity contribution < 1.29 is 14.7 Å². The smallest absolute Gasteiger partial charge is 0.320 e. The molecule has 1 atom stereocenters. The molecule has 5 nitrogen and oxygen atoms in total. The normalized spacial score (nSPS) is 17.2. The summed E-state index contributed by atoms with van der Waals surface area (Å²) >= 11 is 0. The molecule has 0 aromatic heterocycles. The van der Waals surface area contributed by atoms with E-state index in [0.717, 1.165) is 12.8 Å². The molecule has 0 aromatic rings. The Morgan fingerprint density at radius 1 is 1.44 bits per heavy atom. The number of nitrogens with zero attached hydrogens (tertiary/aromatic N) is 1. The number of nitrogens with one attached hydrogen (secondary N) is 1. The third-order valence-corrected chi connectivity index (χ3v) is 3.00. The number of amides is 1. The molecule has 1 aliphatic carbocycles. The van der Waals surface area contributed by atoms with Crippen molar-refractivity contribution >= 4 is 11.9 Å². The summed E-state index contributed by atoms with van der Waals surface area (Å²) in [7, 11) is 1.72. The van der Waals surface area contributed by atoms with Gasteiger partial charge in [-0.05, 0) is 32.6 Å². The first-order valence-electron chi connectivity index (χ1n) is 5.65. The van der Waals surface area contributed by atoms with Gasteiger partial charge < -0.3 is 10.0 Å². The number of aliphatic carboxylic acids is 1. The number of likely N-dealkylation sites (N-methyl/N-ethyl adjacent to an activating group) is 1. The van der Waals surface area contributed by atoms with E-state index in [1.54, 1.807) is 11.9 Å². The number of hydrogen-bond acceptors (Lipinski definition) is 3. The van der Waals surface area contributed by atoms with Crippen molar-refractivity contribution in [2.45, 2.75) is 38.8 Å². The minimum atomic E-state index is -0.859. The Balaban J connectivity index is 2.37. The summed E-state index contributed by atoms with van der Waals surface area (Å²) in [4.78, 5) is 24.1. The zero-order chi connectivity index (χ0) is 12.3. The highest BCUT2D eigenvalue weighted by molar-refractivity contribution is 5.80. The van der Waals surface area contributed by atoms with Crippen molar-refractivity contribution in [3.63, 3.8) is 0 Å². The van der Waals surface area contributed by atoms with Crippen LogP contribution in [0.4, 0.5) is 0 Å². The quantitative estimate of drug-likeness (QED) is 0.686. The molecule has 0 heterocycles. The first kappa shape index (κ1) is 13.0. The van der Waals surface area contributed by atoms with Gasteiger partial charge in [0.1, 0.15) is 6.04 Å². The topological polar surface area (TPSA) is 69.6 Å². The Morgan fingerprint density at radius 3 is 2.38 bits per heavy atom. The van der Waals surface area contributed by atoms with Gasteiger partial charge in [0.15, 0.2) is 0 Å². The van der Waals surface area contributed by atoms with Crippen LogP contribution in [0.5, 0.6) is 0 Å². The second-order valence-corrected chi connectivity index (χ2v) is 4.63. The molecule has 0 aliphatic heterocycles.